The Labute approximate surface area is 84.9 Å². The van der Waals surface area contributed by atoms with E-state index < -0.39 is 0 Å². The van der Waals surface area contributed by atoms with Gasteiger partial charge in [0.2, 0.25) is 0 Å². The molecule has 1 aromatic carbocycles. The van der Waals surface area contributed by atoms with Gasteiger partial charge < -0.3 is 4.90 Å². The fraction of sp³-hybridized carbons (Fsp3) is 0.250. The molecule has 14 heavy (non-hydrogen) atoms. The van der Waals surface area contributed by atoms with Crippen LogP contribution in [0.5, 0.6) is 0 Å². The molecule has 0 aliphatic carbocycles. The topological polar surface area (TPSA) is 20.3 Å². The van der Waals surface area contributed by atoms with E-state index in [-0.39, 0.29) is 5.78 Å². The number of hydrogen-bond donors (Lipinski definition) is 0. The van der Waals surface area contributed by atoms with E-state index in [0.29, 0.717) is 0 Å². The number of rotatable bonds is 3. The Morgan fingerprint density at radius 1 is 1.21 bits per heavy atom. The van der Waals surface area contributed by atoms with Crippen LogP contribution in [0.25, 0.3) is 0 Å². The van der Waals surface area contributed by atoms with Gasteiger partial charge in [-0.25, -0.2) is 0 Å². The molecule has 1 aromatic rings. The largest absolute Gasteiger partial charge is 0.383 e. The number of hydrogen-bond acceptors (Lipinski definition) is 2. The van der Waals surface area contributed by atoms with Crippen LogP contribution in [0, 0.1) is 6.92 Å². The summed E-state index contributed by atoms with van der Waals surface area (Å²) in [6.45, 7) is 2.00. The van der Waals surface area contributed by atoms with Crippen molar-refractivity contribution in [2.75, 3.05) is 14.1 Å². The van der Waals surface area contributed by atoms with Gasteiger partial charge in [-0.15, -0.1) is 0 Å². The monoisotopic (exact) mass is 189 g/mol. The molecule has 74 valence electrons. The van der Waals surface area contributed by atoms with Crippen molar-refractivity contribution in [1.29, 1.82) is 0 Å². The molecule has 0 N–H and O–H groups in total. The van der Waals surface area contributed by atoms with Crippen LogP contribution in [0.3, 0.4) is 0 Å². The van der Waals surface area contributed by atoms with E-state index in [9.17, 15) is 4.79 Å². The van der Waals surface area contributed by atoms with Gasteiger partial charge in [0.1, 0.15) is 0 Å². The standard InChI is InChI=1S/C12H15NO/c1-10-4-6-11(7-5-10)12(14)8-9-13(2)3/h4-9H,1-3H3. The van der Waals surface area contributed by atoms with Crippen LogP contribution in [-0.2, 0) is 0 Å². The van der Waals surface area contributed by atoms with Gasteiger partial charge in [0, 0.05) is 31.9 Å². The lowest BCUT2D eigenvalue weighted by Gasteiger charge is -2.02. The summed E-state index contributed by atoms with van der Waals surface area (Å²) in [5.41, 5.74) is 1.90. The van der Waals surface area contributed by atoms with Crippen LogP contribution in [0.2, 0.25) is 0 Å². The lowest BCUT2D eigenvalue weighted by molar-refractivity contribution is 0.104. The highest BCUT2D eigenvalue weighted by atomic mass is 16.1. The molecular formula is C12H15NO. The zero-order chi connectivity index (χ0) is 10.6. The summed E-state index contributed by atoms with van der Waals surface area (Å²) in [5, 5.41) is 0. The quantitative estimate of drug-likeness (QED) is 0.537. The summed E-state index contributed by atoms with van der Waals surface area (Å²) in [4.78, 5) is 13.4. The Morgan fingerprint density at radius 3 is 2.29 bits per heavy atom. The lowest BCUT2D eigenvalue weighted by Crippen LogP contribution is -2.03. The molecule has 0 aromatic heterocycles. The molecule has 0 aliphatic heterocycles. The second kappa shape index (κ2) is 4.61. The van der Waals surface area contributed by atoms with Gasteiger partial charge in [-0.1, -0.05) is 29.8 Å². The number of nitrogens with zero attached hydrogens (tertiary/aromatic N) is 1. The molecule has 0 atom stereocenters. The molecule has 0 heterocycles. The third kappa shape index (κ3) is 3.05. The minimum atomic E-state index is 0.0405. The average Bonchev–Trinajstić information content (AvgIpc) is 2.15. The number of carbonyl (C=O) groups excluding carboxylic acids is 1. The van der Waals surface area contributed by atoms with Crippen LogP contribution < -0.4 is 0 Å². The maximum atomic E-state index is 11.5. The van der Waals surface area contributed by atoms with Crippen LogP contribution in [-0.4, -0.2) is 24.8 Å². The van der Waals surface area contributed by atoms with E-state index in [1.807, 2.05) is 50.2 Å². The zero-order valence-electron chi connectivity index (χ0n) is 8.82. The van der Waals surface area contributed by atoms with Gasteiger partial charge in [0.05, 0.1) is 0 Å². The summed E-state index contributed by atoms with van der Waals surface area (Å²) in [6, 6.07) is 7.57. The van der Waals surface area contributed by atoms with Crippen molar-refractivity contribution < 1.29 is 4.79 Å². The fourth-order valence-electron chi connectivity index (χ4n) is 1.03. The first-order chi connectivity index (χ1) is 6.59. The molecule has 0 amide bonds. The maximum absolute atomic E-state index is 11.5. The first-order valence-electron chi connectivity index (χ1n) is 4.55. The Hall–Kier alpha value is -1.57. The Bertz CT molecular complexity index is 336. The fourth-order valence-corrected chi connectivity index (χ4v) is 1.03. The first-order valence-corrected chi connectivity index (χ1v) is 4.55. The van der Waals surface area contributed by atoms with E-state index >= 15 is 0 Å². The molecule has 2 heteroatoms. The summed E-state index contributed by atoms with van der Waals surface area (Å²) in [6.07, 6.45) is 3.33. The van der Waals surface area contributed by atoms with Gasteiger partial charge in [0.15, 0.2) is 5.78 Å². The predicted molar refractivity (Wildman–Crippen MR) is 58.3 cm³/mol. The van der Waals surface area contributed by atoms with E-state index in [2.05, 4.69) is 0 Å². The van der Waals surface area contributed by atoms with Crippen molar-refractivity contribution in [3.8, 4) is 0 Å². The molecule has 0 bridgehead atoms. The van der Waals surface area contributed by atoms with Crippen molar-refractivity contribution in [2.24, 2.45) is 0 Å². The van der Waals surface area contributed by atoms with Crippen molar-refractivity contribution in [3.05, 3.63) is 47.7 Å². The molecule has 0 saturated heterocycles. The minimum Gasteiger partial charge on any atom is -0.383 e. The average molecular weight is 189 g/mol. The summed E-state index contributed by atoms with van der Waals surface area (Å²) < 4.78 is 0. The molecule has 0 unspecified atom stereocenters. The third-order valence-electron chi connectivity index (χ3n) is 1.86. The Kier molecular flexibility index (Phi) is 3.46. The number of ketones is 1. The Balaban J connectivity index is 2.75. The highest BCUT2D eigenvalue weighted by Crippen LogP contribution is 2.04. The normalized spacial score (nSPS) is 10.5. The van der Waals surface area contributed by atoms with E-state index in [0.717, 1.165) is 11.1 Å². The molecule has 0 spiro atoms. The second-order valence-corrected chi connectivity index (χ2v) is 3.51. The van der Waals surface area contributed by atoms with Crippen molar-refractivity contribution in [2.45, 2.75) is 6.92 Å². The summed E-state index contributed by atoms with van der Waals surface area (Å²) >= 11 is 0. The molecule has 0 radical (unpaired) electrons. The highest BCUT2D eigenvalue weighted by molar-refractivity contribution is 6.04. The van der Waals surface area contributed by atoms with Crippen LogP contribution >= 0.6 is 0 Å². The molecule has 1 rings (SSSR count). The number of aryl methyl sites for hydroxylation is 1. The van der Waals surface area contributed by atoms with Gasteiger partial charge in [-0.2, -0.15) is 0 Å². The van der Waals surface area contributed by atoms with Gasteiger partial charge in [-0.3, -0.25) is 4.79 Å². The Morgan fingerprint density at radius 2 is 1.79 bits per heavy atom. The second-order valence-electron chi connectivity index (χ2n) is 3.51. The zero-order valence-corrected chi connectivity index (χ0v) is 8.82. The van der Waals surface area contributed by atoms with Crippen LogP contribution in [0.4, 0.5) is 0 Å². The molecule has 0 aliphatic rings. The lowest BCUT2D eigenvalue weighted by atomic mass is 10.1. The number of benzene rings is 1. The van der Waals surface area contributed by atoms with E-state index in [4.69, 9.17) is 0 Å². The minimum absolute atomic E-state index is 0.0405. The number of carbonyl (C=O) groups is 1. The van der Waals surface area contributed by atoms with Gasteiger partial charge in [0.25, 0.3) is 0 Å². The molecule has 2 nitrogen and oxygen atoms in total. The SMILES string of the molecule is Cc1ccc(C(=O)C=CN(C)C)cc1. The predicted octanol–water partition coefficient (Wildman–Crippen LogP) is 2.25. The van der Waals surface area contributed by atoms with Crippen molar-refractivity contribution >= 4 is 5.78 Å². The maximum Gasteiger partial charge on any atom is 0.187 e. The van der Waals surface area contributed by atoms with Crippen LogP contribution in [0.15, 0.2) is 36.5 Å². The third-order valence-corrected chi connectivity index (χ3v) is 1.86. The number of allylic oxidation sites excluding steroid dienone is 1. The van der Waals surface area contributed by atoms with Gasteiger partial charge >= 0.3 is 0 Å². The molecular weight excluding hydrogens is 174 g/mol. The highest BCUT2D eigenvalue weighted by Gasteiger charge is 1.99. The van der Waals surface area contributed by atoms with Gasteiger partial charge in [-0.05, 0) is 6.92 Å². The van der Waals surface area contributed by atoms with Crippen LogP contribution in [0.1, 0.15) is 15.9 Å². The van der Waals surface area contributed by atoms with E-state index in [1.54, 1.807) is 12.3 Å². The summed E-state index contributed by atoms with van der Waals surface area (Å²) in [5.74, 6) is 0.0405. The molecule has 0 fully saturated rings. The summed E-state index contributed by atoms with van der Waals surface area (Å²) in [7, 11) is 3.78. The smallest absolute Gasteiger partial charge is 0.187 e. The molecule has 0 saturated carbocycles. The van der Waals surface area contributed by atoms with Crippen molar-refractivity contribution in [3.63, 3.8) is 0 Å². The first kappa shape index (κ1) is 10.5. The van der Waals surface area contributed by atoms with Crippen molar-refractivity contribution in [1.82, 2.24) is 4.90 Å². The van der Waals surface area contributed by atoms with E-state index in [1.165, 1.54) is 0 Å².